The fraction of sp³-hybridized carbons (Fsp3) is 0.278. The maximum atomic E-state index is 12.0. The highest BCUT2D eigenvalue weighted by atomic mass is 16.4. The summed E-state index contributed by atoms with van der Waals surface area (Å²) in [6, 6.07) is 13.6. The molecule has 0 aliphatic heterocycles. The Kier molecular flexibility index (Phi) is 6.31. The summed E-state index contributed by atoms with van der Waals surface area (Å²) in [4.78, 5) is 34.0. The Morgan fingerprint density at radius 3 is 2.46 bits per heavy atom. The van der Waals surface area contributed by atoms with Gasteiger partial charge in [-0.25, -0.2) is 0 Å². The minimum Gasteiger partial charge on any atom is -0.481 e. The van der Waals surface area contributed by atoms with Gasteiger partial charge in [0.1, 0.15) is 0 Å². The number of carboxylic acid groups (broad SMARTS) is 1. The van der Waals surface area contributed by atoms with Crippen LogP contribution in [-0.4, -0.2) is 36.0 Å². The molecule has 0 unspecified atom stereocenters. The molecule has 6 heteroatoms. The maximum Gasteiger partial charge on any atom is 0.303 e. The number of hydrogen-bond donors (Lipinski definition) is 3. The molecule has 0 aliphatic rings. The number of carbonyl (C=O) groups is 3. The maximum absolute atomic E-state index is 12.0. The van der Waals surface area contributed by atoms with Crippen molar-refractivity contribution < 1.29 is 19.5 Å². The first kappa shape index (κ1) is 17.5. The summed E-state index contributed by atoms with van der Waals surface area (Å²) >= 11 is 0. The zero-order chi connectivity index (χ0) is 17.4. The number of fused-ring (bicyclic) bond motifs is 1. The lowest BCUT2D eigenvalue weighted by Gasteiger charge is -2.08. The van der Waals surface area contributed by atoms with E-state index in [0.717, 1.165) is 16.3 Å². The van der Waals surface area contributed by atoms with Crippen LogP contribution in [0.4, 0.5) is 0 Å². The van der Waals surface area contributed by atoms with Gasteiger partial charge in [0.05, 0.1) is 13.0 Å². The summed E-state index contributed by atoms with van der Waals surface area (Å²) in [5, 5.41) is 15.7. The molecule has 0 aliphatic carbocycles. The quantitative estimate of drug-likeness (QED) is 0.640. The van der Waals surface area contributed by atoms with Gasteiger partial charge in [0.15, 0.2) is 0 Å². The molecular formula is C18H20N2O4. The molecule has 2 aromatic rings. The highest BCUT2D eigenvalue weighted by molar-refractivity contribution is 5.91. The molecule has 0 bridgehead atoms. The summed E-state index contributed by atoms with van der Waals surface area (Å²) in [6.07, 6.45) is 0.576. The van der Waals surface area contributed by atoms with Crippen LogP contribution < -0.4 is 10.6 Å². The van der Waals surface area contributed by atoms with Crippen molar-refractivity contribution in [3.05, 3.63) is 48.0 Å². The van der Waals surface area contributed by atoms with E-state index in [1.807, 2.05) is 42.5 Å². The second-order valence-corrected chi connectivity index (χ2v) is 5.44. The van der Waals surface area contributed by atoms with E-state index in [-0.39, 0.29) is 37.7 Å². The average molecular weight is 328 g/mol. The molecule has 24 heavy (non-hydrogen) atoms. The van der Waals surface area contributed by atoms with Crippen LogP contribution in [0.5, 0.6) is 0 Å². The number of rotatable bonds is 8. The smallest absolute Gasteiger partial charge is 0.303 e. The minimum absolute atomic E-state index is 0.00766. The van der Waals surface area contributed by atoms with E-state index < -0.39 is 5.97 Å². The first-order chi connectivity index (χ1) is 11.6. The van der Waals surface area contributed by atoms with Crippen LogP contribution in [0.25, 0.3) is 10.8 Å². The topological polar surface area (TPSA) is 95.5 Å². The number of hydrogen-bond acceptors (Lipinski definition) is 3. The third-order valence-corrected chi connectivity index (χ3v) is 3.57. The molecule has 2 rings (SSSR count). The molecule has 0 aromatic heterocycles. The van der Waals surface area contributed by atoms with E-state index in [0.29, 0.717) is 6.42 Å². The van der Waals surface area contributed by atoms with Gasteiger partial charge in [0, 0.05) is 13.0 Å². The van der Waals surface area contributed by atoms with Crippen LogP contribution in [0.2, 0.25) is 0 Å². The monoisotopic (exact) mass is 328 g/mol. The molecule has 126 valence electrons. The lowest BCUT2D eigenvalue weighted by atomic mass is 10.0. The van der Waals surface area contributed by atoms with Crippen LogP contribution >= 0.6 is 0 Å². The van der Waals surface area contributed by atoms with Crippen LogP contribution in [0.3, 0.4) is 0 Å². The number of nitrogens with one attached hydrogen (secondary N) is 2. The minimum atomic E-state index is -0.896. The molecule has 0 heterocycles. The molecule has 0 spiro atoms. The summed E-state index contributed by atoms with van der Waals surface area (Å²) in [5.41, 5.74) is 0.910. The van der Waals surface area contributed by atoms with Gasteiger partial charge in [-0.05, 0) is 22.8 Å². The predicted molar refractivity (Wildman–Crippen MR) is 90.5 cm³/mol. The van der Waals surface area contributed by atoms with E-state index in [2.05, 4.69) is 10.6 Å². The van der Waals surface area contributed by atoms with Crippen molar-refractivity contribution in [1.29, 1.82) is 0 Å². The van der Waals surface area contributed by atoms with Crippen LogP contribution in [0.15, 0.2) is 42.5 Å². The van der Waals surface area contributed by atoms with Gasteiger partial charge >= 0.3 is 5.97 Å². The second kappa shape index (κ2) is 8.67. The van der Waals surface area contributed by atoms with Crippen molar-refractivity contribution in [1.82, 2.24) is 10.6 Å². The lowest BCUT2D eigenvalue weighted by molar-refractivity contribution is -0.137. The lowest BCUT2D eigenvalue weighted by Crippen LogP contribution is -2.38. The van der Waals surface area contributed by atoms with Gasteiger partial charge in [-0.2, -0.15) is 0 Å². The van der Waals surface area contributed by atoms with E-state index in [4.69, 9.17) is 5.11 Å². The Bertz CT molecular complexity index is 737. The third kappa shape index (κ3) is 5.39. The van der Waals surface area contributed by atoms with Gasteiger partial charge in [0.2, 0.25) is 11.8 Å². The number of carbonyl (C=O) groups excluding carboxylic acids is 2. The standard InChI is InChI=1S/C18H20N2O4/c21-16(20-12-17(22)19-10-4-9-18(23)24)11-14-7-3-6-13-5-1-2-8-15(13)14/h1-3,5-8H,4,9-12H2,(H,19,22)(H,20,21)(H,23,24). The van der Waals surface area contributed by atoms with Gasteiger partial charge in [-0.3, -0.25) is 14.4 Å². The fourth-order valence-electron chi connectivity index (χ4n) is 2.39. The van der Waals surface area contributed by atoms with Crippen molar-refractivity contribution in [2.45, 2.75) is 19.3 Å². The highest BCUT2D eigenvalue weighted by Gasteiger charge is 2.08. The molecule has 2 amide bonds. The zero-order valence-electron chi connectivity index (χ0n) is 13.2. The SMILES string of the molecule is O=C(O)CCCNC(=O)CNC(=O)Cc1cccc2ccccc12. The summed E-state index contributed by atoms with van der Waals surface area (Å²) in [7, 11) is 0. The van der Waals surface area contributed by atoms with Gasteiger partial charge in [-0.15, -0.1) is 0 Å². The molecule has 2 aromatic carbocycles. The fourth-order valence-corrected chi connectivity index (χ4v) is 2.39. The van der Waals surface area contributed by atoms with Crippen molar-refractivity contribution >= 4 is 28.6 Å². The third-order valence-electron chi connectivity index (χ3n) is 3.57. The Balaban J connectivity index is 1.78. The van der Waals surface area contributed by atoms with E-state index in [1.54, 1.807) is 0 Å². The molecule has 0 atom stereocenters. The molecule has 0 saturated heterocycles. The Morgan fingerprint density at radius 2 is 1.67 bits per heavy atom. The molecule has 3 N–H and O–H groups in total. The van der Waals surface area contributed by atoms with Crippen molar-refractivity contribution in [2.75, 3.05) is 13.1 Å². The Labute approximate surface area is 139 Å². The van der Waals surface area contributed by atoms with Gasteiger partial charge < -0.3 is 15.7 Å². The molecule has 0 saturated carbocycles. The van der Waals surface area contributed by atoms with E-state index >= 15 is 0 Å². The van der Waals surface area contributed by atoms with Gasteiger partial charge in [-0.1, -0.05) is 42.5 Å². The van der Waals surface area contributed by atoms with Crippen molar-refractivity contribution in [3.8, 4) is 0 Å². The number of amides is 2. The normalized spacial score (nSPS) is 10.3. The Hall–Kier alpha value is -2.89. The highest BCUT2D eigenvalue weighted by Crippen LogP contribution is 2.18. The molecule has 6 nitrogen and oxygen atoms in total. The van der Waals surface area contributed by atoms with Crippen molar-refractivity contribution in [3.63, 3.8) is 0 Å². The summed E-state index contributed by atoms with van der Waals surface area (Å²) in [5.74, 6) is -1.45. The van der Waals surface area contributed by atoms with E-state index in [1.165, 1.54) is 0 Å². The first-order valence-electron chi connectivity index (χ1n) is 7.78. The summed E-state index contributed by atoms with van der Waals surface area (Å²) < 4.78 is 0. The average Bonchev–Trinajstić information content (AvgIpc) is 2.57. The van der Waals surface area contributed by atoms with E-state index in [9.17, 15) is 14.4 Å². The number of benzene rings is 2. The number of aliphatic carboxylic acids is 1. The molecular weight excluding hydrogens is 308 g/mol. The van der Waals surface area contributed by atoms with Crippen LogP contribution in [0.1, 0.15) is 18.4 Å². The molecule has 0 fully saturated rings. The first-order valence-corrected chi connectivity index (χ1v) is 7.78. The van der Waals surface area contributed by atoms with Crippen LogP contribution in [0, 0.1) is 0 Å². The number of carboxylic acids is 1. The predicted octanol–water partition coefficient (Wildman–Crippen LogP) is 1.48. The second-order valence-electron chi connectivity index (χ2n) is 5.44. The largest absolute Gasteiger partial charge is 0.481 e. The summed E-state index contributed by atoms with van der Waals surface area (Å²) in [6.45, 7) is 0.168. The Morgan fingerprint density at radius 1 is 0.917 bits per heavy atom. The van der Waals surface area contributed by atoms with Crippen LogP contribution in [-0.2, 0) is 20.8 Å². The zero-order valence-corrected chi connectivity index (χ0v) is 13.2. The molecule has 0 radical (unpaired) electrons. The van der Waals surface area contributed by atoms with Gasteiger partial charge in [0.25, 0.3) is 0 Å². The van der Waals surface area contributed by atoms with Crippen molar-refractivity contribution in [2.24, 2.45) is 0 Å².